The molecule has 0 aromatic carbocycles. The van der Waals surface area contributed by atoms with Gasteiger partial charge in [0, 0.05) is 31.9 Å². The largest absolute Gasteiger partial charge is 0.471 e. The number of aromatic nitrogens is 1. The molecule has 1 aromatic rings. The van der Waals surface area contributed by atoms with Crippen molar-refractivity contribution in [3.8, 4) is 0 Å². The first-order valence-corrected chi connectivity index (χ1v) is 4.63. The van der Waals surface area contributed by atoms with E-state index in [-0.39, 0.29) is 6.54 Å². The van der Waals surface area contributed by atoms with Crippen LogP contribution >= 0.6 is 0 Å². The van der Waals surface area contributed by atoms with E-state index in [4.69, 9.17) is 0 Å². The zero-order valence-electron chi connectivity index (χ0n) is 8.66. The van der Waals surface area contributed by atoms with E-state index in [2.05, 4.69) is 4.98 Å². The van der Waals surface area contributed by atoms with Crippen molar-refractivity contribution < 1.29 is 18.0 Å². The van der Waals surface area contributed by atoms with Crippen LogP contribution in [0.1, 0.15) is 5.69 Å². The monoisotopic (exact) mass is 232 g/mol. The van der Waals surface area contributed by atoms with Gasteiger partial charge in [-0.2, -0.15) is 13.2 Å². The summed E-state index contributed by atoms with van der Waals surface area (Å²) in [6.07, 6.45) is -2.95. The number of rotatable bonds is 3. The van der Waals surface area contributed by atoms with Crippen molar-refractivity contribution in [3.63, 3.8) is 0 Å². The first-order chi connectivity index (χ1) is 7.41. The number of pyridine rings is 1. The van der Waals surface area contributed by atoms with Crippen molar-refractivity contribution in [2.45, 2.75) is 12.6 Å². The molecule has 1 rings (SSSR count). The topological polar surface area (TPSA) is 33.2 Å². The van der Waals surface area contributed by atoms with E-state index < -0.39 is 12.1 Å². The Balaban J connectivity index is 2.48. The Morgan fingerprint density at radius 2 is 2.12 bits per heavy atom. The molecule has 6 heteroatoms. The third kappa shape index (κ3) is 3.52. The molecule has 0 unspecified atom stereocenters. The van der Waals surface area contributed by atoms with E-state index in [0.717, 1.165) is 7.05 Å². The molecule has 0 aliphatic carbocycles. The minimum Gasteiger partial charge on any atom is -0.338 e. The van der Waals surface area contributed by atoms with Crippen LogP contribution in [0.15, 0.2) is 24.4 Å². The molecule has 0 N–H and O–H groups in total. The molecular weight excluding hydrogens is 221 g/mol. The van der Waals surface area contributed by atoms with Gasteiger partial charge in [0.05, 0.1) is 0 Å². The highest BCUT2D eigenvalue weighted by Gasteiger charge is 2.40. The van der Waals surface area contributed by atoms with Crippen LogP contribution in [-0.4, -0.2) is 35.6 Å². The van der Waals surface area contributed by atoms with Gasteiger partial charge in [0.25, 0.3) is 0 Å². The van der Waals surface area contributed by atoms with Crippen LogP contribution in [-0.2, 0) is 11.2 Å². The summed E-state index contributed by atoms with van der Waals surface area (Å²) < 4.78 is 36.1. The molecule has 0 aliphatic heterocycles. The minimum absolute atomic E-state index is 0.00461. The molecule has 0 atom stereocenters. The molecule has 88 valence electrons. The molecule has 0 spiro atoms. The fourth-order valence-corrected chi connectivity index (χ4v) is 1.15. The molecular formula is C10H11F3N2O. The van der Waals surface area contributed by atoms with Crippen molar-refractivity contribution >= 4 is 5.91 Å². The first-order valence-electron chi connectivity index (χ1n) is 4.63. The van der Waals surface area contributed by atoms with Crippen molar-refractivity contribution in [2.24, 2.45) is 0 Å². The van der Waals surface area contributed by atoms with Crippen LogP contribution in [0, 0.1) is 0 Å². The van der Waals surface area contributed by atoms with Crippen molar-refractivity contribution in [3.05, 3.63) is 30.1 Å². The Kier molecular flexibility index (Phi) is 3.87. The summed E-state index contributed by atoms with van der Waals surface area (Å²) >= 11 is 0. The predicted molar refractivity (Wildman–Crippen MR) is 51.6 cm³/mol. The lowest BCUT2D eigenvalue weighted by Gasteiger charge is -2.18. The molecule has 0 aliphatic rings. The average molecular weight is 232 g/mol. The van der Waals surface area contributed by atoms with Crippen LogP contribution in [0.2, 0.25) is 0 Å². The zero-order chi connectivity index (χ0) is 12.2. The van der Waals surface area contributed by atoms with Gasteiger partial charge in [0.15, 0.2) is 0 Å². The maximum absolute atomic E-state index is 12.0. The van der Waals surface area contributed by atoms with E-state index >= 15 is 0 Å². The number of amides is 1. The SMILES string of the molecule is CN(CCc1ccccn1)C(=O)C(F)(F)F. The number of carbonyl (C=O) groups excluding carboxylic acids is 1. The second-order valence-corrected chi connectivity index (χ2v) is 3.30. The minimum atomic E-state index is -4.81. The summed E-state index contributed by atoms with van der Waals surface area (Å²) in [6, 6.07) is 5.16. The average Bonchev–Trinajstić information content (AvgIpc) is 2.25. The molecule has 1 aromatic heterocycles. The lowest BCUT2D eigenvalue weighted by molar-refractivity contribution is -0.184. The third-order valence-corrected chi connectivity index (χ3v) is 2.02. The number of nitrogens with zero attached hydrogens (tertiary/aromatic N) is 2. The van der Waals surface area contributed by atoms with Gasteiger partial charge in [-0.25, -0.2) is 0 Å². The van der Waals surface area contributed by atoms with Crippen LogP contribution in [0.3, 0.4) is 0 Å². The maximum atomic E-state index is 12.0. The lowest BCUT2D eigenvalue weighted by atomic mass is 10.2. The number of hydrogen-bond acceptors (Lipinski definition) is 2. The summed E-state index contributed by atoms with van der Waals surface area (Å²) in [4.78, 5) is 15.4. The highest BCUT2D eigenvalue weighted by Crippen LogP contribution is 2.17. The Morgan fingerprint density at radius 1 is 1.44 bits per heavy atom. The van der Waals surface area contributed by atoms with Crippen LogP contribution < -0.4 is 0 Å². The zero-order valence-corrected chi connectivity index (χ0v) is 8.66. The second-order valence-electron chi connectivity index (χ2n) is 3.30. The Labute approximate surface area is 90.9 Å². The van der Waals surface area contributed by atoms with Gasteiger partial charge in [-0.1, -0.05) is 6.07 Å². The second kappa shape index (κ2) is 4.96. The fourth-order valence-electron chi connectivity index (χ4n) is 1.15. The van der Waals surface area contributed by atoms with Crippen LogP contribution in [0.4, 0.5) is 13.2 Å². The van der Waals surface area contributed by atoms with E-state index in [9.17, 15) is 18.0 Å². The van der Waals surface area contributed by atoms with Crippen LogP contribution in [0.25, 0.3) is 0 Å². The number of carbonyl (C=O) groups is 1. The van der Waals surface area contributed by atoms with Gasteiger partial charge in [-0.05, 0) is 12.1 Å². The summed E-state index contributed by atoms with van der Waals surface area (Å²) in [5.74, 6) is -1.83. The van der Waals surface area contributed by atoms with Crippen molar-refractivity contribution in [1.29, 1.82) is 0 Å². The Morgan fingerprint density at radius 3 is 2.62 bits per heavy atom. The number of hydrogen-bond donors (Lipinski definition) is 0. The fraction of sp³-hybridized carbons (Fsp3) is 0.400. The quantitative estimate of drug-likeness (QED) is 0.793. The first kappa shape index (κ1) is 12.5. The van der Waals surface area contributed by atoms with E-state index in [1.165, 1.54) is 0 Å². The van der Waals surface area contributed by atoms with Crippen molar-refractivity contribution in [1.82, 2.24) is 9.88 Å². The van der Waals surface area contributed by atoms with E-state index in [0.29, 0.717) is 17.0 Å². The standard InChI is InChI=1S/C10H11F3N2O/c1-15(9(16)10(11,12)13)7-5-8-4-2-3-6-14-8/h2-4,6H,5,7H2,1H3. The normalized spacial score (nSPS) is 11.2. The van der Waals surface area contributed by atoms with Crippen molar-refractivity contribution in [2.75, 3.05) is 13.6 Å². The summed E-state index contributed by atoms with van der Waals surface area (Å²) in [5, 5.41) is 0. The van der Waals surface area contributed by atoms with Gasteiger partial charge in [0.2, 0.25) is 0 Å². The molecule has 0 saturated heterocycles. The van der Waals surface area contributed by atoms with Gasteiger partial charge < -0.3 is 4.90 Å². The van der Waals surface area contributed by atoms with Crippen LogP contribution in [0.5, 0.6) is 0 Å². The molecule has 0 radical (unpaired) electrons. The summed E-state index contributed by atoms with van der Waals surface area (Å²) in [7, 11) is 1.12. The Bertz CT molecular complexity index is 351. The Hall–Kier alpha value is -1.59. The van der Waals surface area contributed by atoms with Gasteiger partial charge in [-0.3, -0.25) is 9.78 Å². The van der Waals surface area contributed by atoms with E-state index in [1.54, 1.807) is 24.4 Å². The molecule has 0 fully saturated rings. The molecule has 16 heavy (non-hydrogen) atoms. The third-order valence-electron chi connectivity index (χ3n) is 2.02. The summed E-state index contributed by atoms with van der Waals surface area (Å²) in [6.45, 7) is -0.00461. The maximum Gasteiger partial charge on any atom is 0.471 e. The van der Waals surface area contributed by atoms with Gasteiger partial charge in [-0.15, -0.1) is 0 Å². The number of likely N-dealkylation sites (N-methyl/N-ethyl adjacent to an activating group) is 1. The number of alkyl halides is 3. The van der Waals surface area contributed by atoms with Gasteiger partial charge >= 0.3 is 12.1 Å². The number of halogens is 3. The van der Waals surface area contributed by atoms with Gasteiger partial charge in [0.1, 0.15) is 0 Å². The summed E-state index contributed by atoms with van der Waals surface area (Å²) in [5.41, 5.74) is 0.657. The molecule has 3 nitrogen and oxygen atoms in total. The molecule has 1 amide bonds. The predicted octanol–water partition coefficient (Wildman–Crippen LogP) is 1.64. The molecule has 1 heterocycles. The molecule has 0 saturated carbocycles. The molecule has 0 bridgehead atoms. The van der Waals surface area contributed by atoms with E-state index in [1.807, 2.05) is 0 Å². The lowest BCUT2D eigenvalue weighted by Crippen LogP contribution is -2.39. The smallest absolute Gasteiger partial charge is 0.338 e. The highest BCUT2D eigenvalue weighted by atomic mass is 19.4. The highest BCUT2D eigenvalue weighted by molar-refractivity contribution is 5.81.